The first-order valence-corrected chi connectivity index (χ1v) is 6.70. The number of halogens is 2. The van der Waals surface area contributed by atoms with Crippen LogP contribution in [0.2, 0.25) is 0 Å². The molecule has 0 atom stereocenters. The van der Waals surface area contributed by atoms with E-state index in [0.29, 0.717) is 0 Å². The smallest absolute Gasteiger partial charge is 0.329 e. The number of hydrogen-bond acceptors (Lipinski definition) is 1. The summed E-state index contributed by atoms with van der Waals surface area (Å²) in [6.45, 7) is 0. The van der Waals surface area contributed by atoms with Gasteiger partial charge >= 0.3 is 4.36 Å². The predicted octanol–water partition coefficient (Wildman–Crippen LogP) is 3.96. The van der Waals surface area contributed by atoms with Gasteiger partial charge in [-0.1, -0.05) is 35.8 Å². The first-order chi connectivity index (χ1) is 7.75. The lowest BCUT2D eigenvalue weighted by Gasteiger charge is -2.06. The largest absolute Gasteiger partial charge is 0.457 e. The van der Waals surface area contributed by atoms with Gasteiger partial charge in [0.05, 0.1) is 0 Å². The molecule has 2 aromatic carbocycles. The van der Waals surface area contributed by atoms with Crippen LogP contribution in [-0.4, -0.2) is 4.36 Å². The van der Waals surface area contributed by atoms with E-state index in [2.05, 4.69) is 31.5 Å². The van der Waals surface area contributed by atoms with Gasteiger partial charge in [0.2, 0.25) is 0 Å². The molecular weight excluding hydrogens is 331 g/mol. The maximum absolute atomic E-state index is 5.68. The van der Waals surface area contributed by atoms with Crippen molar-refractivity contribution in [3.63, 3.8) is 0 Å². The molecule has 0 heterocycles. The Morgan fingerprint density at radius 3 is 1.88 bits per heavy atom. The molecule has 0 radical (unpaired) electrons. The van der Waals surface area contributed by atoms with E-state index in [0.717, 1.165) is 11.5 Å². The maximum Gasteiger partial charge on any atom is 0.329 e. The van der Waals surface area contributed by atoms with Gasteiger partial charge in [-0.2, -0.15) is 0 Å². The summed E-state index contributed by atoms with van der Waals surface area (Å²) in [5.41, 5.74) is 1.17. The normalized spacial score (nSPS) is 9.88. The molecule has 0 bridgehead atoms. The van der Waals surface area contributed by atoms with Gasteiger partial charge in [0.1, 0.15) is 11.5 Å². The second kappa shape index (κ2) is 5.55. The fourth-order valence-corrected chi connectivity index (χ4v) is 1.92. The molecule has 1 nitrogen and oxygen atoms in total. The Labute approximate surface area is 112 Å². The van der Waals surface area contributed by atoms with E-state index >= 15 is 0 Å². The molecule has 0 N–H and O–H groups in total. The molecule has 0 amide bonds. The summed E-state index contributed by atoms with van der Waals surface area (Å²) in [5.74, 6) is 1.69. The second-order valence-corrected chi connectivity index (χ2v) is 6.34. The van der Waals surface area contributed by atoms with Crippen LogP contribution in [0.5, 0.6) is 11.5 Å². The molecule has 16 heavy (non-hydrogen) atoms. The Kier molecular flexibility index (Phi) is 4.07. The van der Waals surface area contributed by atoms with E-state index in [1.54, 1.807) is 0 Å². The van der Waals surface area contributed by atoms with Crippen molar-refractivity contribution in [3.05, 3.63) is 54.6 Å². The summed E-state index contributed by atoms with van der Waals surface area (Å²) in [5, 5.41) is 0. The topological polar surface area (TPSA) is 9.23 Å². The van der Waals surface area contributed by atoms with Crippen molar-refractivity contribution in [2.24, 2.45) is 0 Å². The van der Waals surface area contributed by atoms with Gasteiger partial charge in [0, 0.05) is 0 Å². The van der Waals surface area contributed by atoms with Gasteiger partial charge in [0.15, 0.2) is 0 Å². The number of hydrogen-bond donors (Lipinski definition) is 0. The average Bonchev–Trinajstić information content (AvgIpc) is 2.31. The maximum atomic E-state index is 5.68. The van der Waals surface area contributed by atoms with Crippen LogP contribution in [-0.2, 0) is 0 Å². The molecule has 0 aromatic heterocycles. The summed E-state index contributed by atoms with van der Waals surface area (Å²) in [6, 6.07) is 17.7. The van der Waals surface area contributed by atoms with Crippen molar-refractivity contribution < 1.29 is 4.74 Å². The molecule has 2 rings (SSSR count). The molecule has 0 aliphatic rings. The second-order valence-electron chi connectivity index (χ2n) is 3.28. The van der Waals surface area contributed by atoms with Crippen LogP contribution in [0, 0.1) is 0 Å². The van der Waals surface area contributed by atoms with Crippen LogP contribution in [0.3, 0.4) is 0 Å². The Balaban J connectivity index is 2.11. The molecule has 2 aromatic rings. The highest BCUT2D eigenvalue weighted by Crippen LogP contribution is 2.20. The molecule has 0 aliphatic heterocycles. The zero-order chi connectivity index (χ0) is 11.4. The third kappa shape index (κ3) is 3.13. The molecule has 0 fully saturated rings. The monoisotopic (exact) mass is 338 g/mol. The minimum Gasteiger partial charge on any atom is -0.457 e. The molecule has 0 unspecified atom stereocenters. The highest BCUT2D eigenvalue weighted by Gasteiger charge is 2.07. The third-order valence-electron chi connectivity index (χ3n) is 2.11. The molecular formula is C12H9BBr2O. The Morgan fingerprint density at radius 1 is 0.750 bits per heavy atom. The lowest BCUT2D eigenvalue weighted by Crippen LogP contribution is -2.15. The van der Waals surface area contributed by atoms with Crippen molar-refractivity contribution in [2.75, 3.05) is 0 Å². The van der Waals surface area contributed by atoms with Crippen LogP contribution in [0.4, 0.5) is 0 Å². The standard InChI is InChI=1S/C12H9BBr2O/c14-13(15)10-6-8-12(9-7-10)16-11-4-2-1-3-5-11/h1-9H. The van der Waals surface area contributed by atoms with E-state index in [-0.39, 0.29) is 4.36 Å². The van der Waals surface area contributed by atoms with Gasteiger partial charge < -0.3 is 4.74 Å². The van der Waals surface area contributed by atoms with E-state index in [9.17, 15) is 0 Å². The third-order valence-corrected chi connectivity index (χ3v) is 3.17. The van der Waals surface area contributed by atoms with Crippen LogP contribution in [0.25, 0.3) is 0 Å². The van der Waals surface area contributed by atoms with Crippen LogP contribution >= 0.6 is 31.5 Å². The fraction of sp³-hybridized carbons (Fsp3) is 0. The van der Waals surface area contributed by atoms with Gasteiger partial charge in [0.25, 0.3) is 0 Å². The summed E-state index contributed by atoms with van der Waals surface area (Å²) in [4.78, 5) is 0. The van der Waals surface area contributed by atoms with Crippen molar-refractivity contribution in [3.8, 4) is 11.5 Å². The summed E-state index contributed by atoms with van der Waals surface area (Å²) in [6.07, 6.45) is 0. The highest BCUT2D eigenvalue weighted by molar-refractivity contribution is 9.49. The van der Waals surface area contributed by atoms with Crippen molar-refractivity contribution in [1.29, 1.82) is 0 Å². The summed E-state index contributed by atoms with van der Waals surface area (Å²) >= 11 is 6.90. The van der Waals surface area contributed by atoms with E-state index in [4.69, 9.17) is 4.74 Å². The minimum absolute atomic E-state index is 0.186. The molecule has 0 saturated carbocycles. The summed E-state index contributed by atoms with van der Waals surface area (Å²) < 4.78 is 5.87. The van der Waals surface area contributed by atoms with Crippen LogP contribution in [0.15, 0.2) is 54.6 Å². The highest BCUT2D eigenvalue weighted by atomic mass is 79.9. The minimum atomic E-state index is 0.186. The van der Waals surface area contributed by atoms with Gasteiger partial charge in [-0.25, -0.2) is 0 Å². The fourth-order valence-electron chi connectivity index (χ4n) is 1.31. The lowest BCUT2D eigenvalue weighted by atomic mass is 9.95. The van der Waals surface area contributed by atoms with E-state index in [1.807, 2.05) is 54.6 Å². The quantitative estimate of drug-likeness (QED) is 0.769. The molecule has 0 aliphatic carbocycles. The molecule has 0 spiro atoms. The number of ether oxygens (including phenoxy) is 1. The number of para-hydroxylation sites is 1. The predicted molar refractivity (Wildman–Crippen MR) is 76.2 cm³/mol. The number of benzene rings is 2. The summed E-state index contributed by atoms with van der Waals surface area (Å²) in [7, 11) is 0. The zero-order valence-corrected chi connectivity index (χ0v) is 11.6. The lowest BCUT2D eigenvalue weighted by molar-refractivity contribution is 0.483. The number of rotatable bonds is 3. The van der Waals surface area contributed by atoms with E-state index < -0.39 is 0 Å². The molecule has 80 valence electrons. The zero-order valence-electron chi connectivity index (χ0n) is 8.44. The van der Waals surface area contributed by atoms with Crippen LogP contribution < -0.4 is 10.2 Å². The van der Waals surface area contributed by atoms with Gasteiger partial charge in [-0.3, -0.25) is 0 Å². The van der Waals surface area contributed by atoms with E-state index in [1.165, 1.54) is 5.46 Å². The Morgan fingerprint density at radius 2 is 1.31 bits per heavy atom. The van der Waals surface area contributed by atoms with Gasteiger partial charge in [-0.15, -0.1) is 31.5 Å². The Hall–Kier alpha value is -0.735. The average molecular weight is 340 g/mol. The molecule has 0 saturated heterocycles. The van der Waals surface area contributed by atoms with Crippen molar-refractivity contribution >= 4 is 41.3 Å². The Bertz CT molecular complexity index is 442. The van der Waals surface area contributed by atoms with Crippen molar-refractivity contribution in [2.45, 2.75) is 0 Å². The first kappa shape index (κ1) is 11.7. The SMILES string of the molecule is BrB(Br)c1ccc(Oc2ccccc2)cc1. The van der Waals surface area contributed by atoms with Gasteiger partial charge in [-0.05, 0) is 24.3 Å². The molecule has 4 heteroatoms. The van der Waals surface area contributed by atoms with Crippen molar-refractivity contribution in [1.82, 2.24) is 0 Å². The first-order valence-electron chi connectivity index (χ1n) is 4.87. The van der Waals surface area contributed by atoms with Crippen LogP contribution in [0.1, 0.15) is 0 Å².